The Labute approximate surface area is 71.2 Å². The van der Waals surface area contributed by atoms with Gasteiger partial charge in [0, 0.05) is 19.4 Å². The molecular weight excluding hydrogens is 157 g/mol. The Bertz CT molecular complexity index is 121. The smallest absolute Gasteiger partial charge is 0.0462 e. The van der Waals surface area contributed by atoms with E-state index in [2.05, 4.69) is 21.1 Å². The summed E-state index contributed by atoms with van der Waals surface area (Å²) in [5.41, 5.74) is 0. The summed E-state index contributed by atoms with van der Waals surface area (Å²) in [6.45, 7) is 4.90. The van der Waals surface area contributed by atoms with Crippen LogP contribution < -0.4 is 0 Å². The molecule has 66 valence electrons. The molecule has 0 aromatic heterocycles. The maximum atomic E-state index is 9.00. The summed E-state index contributed by atoms with van der Waals surface area (Å²) >= 11 is 0. The lowest BCUT2D eigenvalue weighted by molar-refractivity contribution is 0.0956. The molecule has 1 heterocycles. The van der Waals surface area contributed by atoms with Crippen LogP contribution in [0.2, 0.25) is 0 Å². The van der Waals surface area contributed by atoms with E-state index in [9.17, 15) is 0 Å². The van der Waals surface area contributed by atoms with Crippen LogP contribution >= 0.6 is 9.24 Å². The Morgan fingerprint density at radius 3 is 2.82 bits per heavy atom. The van der Waals surface area contributed by atoms with Crippen LogP contribution in [-0.4, -0.2) is 36.0 Å². The van der Waals surface area contributed by atoms with Gasteiger partial charge in [0.15, 0.2) is 0 Å². The number of hydrogen-bond acceptors (Lipinski definition) is 2. The molecule has 1 fully saturated rings. The fourth-order valence-electron chi connectivity index (χ4n) is 1.72. The van der Waals surface area contributed by atoms with E-state index < -0.39 is 0 Å². The largest absolute Gasteiger partial charge is 0.396 e. The fourth-order valence-corrected chi connectivity index (χ4v) is 2.05. The van der Waals surface area contributed by atoms with Crippen molar-refractivity contribution in [2.24, 2.45) is 11.8 Å². The van der Waals surface area contributed by atoms with Crippen molar-refractivity contribution in [3.63, 3.8) is 0 Å². The normalized spacial score (nSPS) is 34.1. The zero-order valence-corrected chi connectivity index (χ0v) is 8.32. The summed E-state index contributed by atoms with van der Waals surface area (Å²) in [5.74, 6) is 1.21. The molecule has 11 heavy (non-hydrogen) atoms. The summed E-state index contributed by atoms with van der Waals surface area (Å²) in [5, 5.41) is 9.00. The Morgan fingerprint density at radius 2 is 2.36 bits per heavy atom. The van der Waals surface area contributed by atoms with Gasteiger partial charge in [-0.15, -0.1) is 9.24 Å². The number of nitrogens with zero attached hydrogens (tertiary/aromatic N) is 1. The average Bonchev–Trinajstić information content (AvgIpc) is 2.04. The Morgan fingerprint density at radius 1 is 1.64 bits per heavy atom. The van der Waals surface area contributed by atoms with Gasteiger partial charge >= 0.3 is 0 Å². The molecule has 0 aliphatic carbocycles. The van der Waals surface area contributed by atoms with Crippen LogP contribution in [-0.2, 0) is 0 Å². The van der Waals surface area contributed by atoms with Gasteiger partial charge in [0.05, 0.1) is 0 Å². The molecule has 0 spiro atoms. The minimum absolute atomic E-state index is 0.367. The van der Waals surface area contributed by atoms with Crippen LogP contribution in [0.5, 0.6) is 0 Å². The number of likely N-dealkylation sites (tertiary alicyclic amines) is 1. The van der Waals surface area contributed by atoms with E-state index in [0.717, 1.165) is 25.8 Å². The predicted octanol–water partition coefficient (Wildman–Crippen LogP) is 0.769. The van der Waals surface area contributed by atoms with Crippen molar-refractivity contribution in [3.05, 3.63) is 0 Å². The second-order valence-corrected chi connectivity index (χ2v) is 3.83. The molecule has 0 saturated carbocycles. The van der Waals surface area contributed by atoms with Gasteiger partial charge in [0.25, 0.3) is 0 Å². The van der Waals surface area contributed by atoms with Crippen molar-refractivity contribution >= 4 is 9.24 Å². The van der Waals surface area contributed by atoms with Crippen molar-refractivity contribution < 1.29 is 5.11 Å². The Kier molecular flexibility index (Phi) is 3.77. The van der Waals surface area contributed by atoms with E-state index in [1.807, 2.05) is 0 Å². The number of aliphatic hydroxyl groups excluding tert-OH is 1. The maximum absolute atomic E-state index is 9.00. The highest BCUT2D eigenvalue weighted by atomic mass is 31.0. The van der Waals surface area contributed by atoms with Crippen LogP contribution in [0.1, 0.15) is 13.3 Å². The van der Waals surface area contributed by atoms with Crippen molar-refractivity contribution in [1.82, 2.24) is 4.90 Å². The summed E-state index contributed by atoms with van der Waals surface area (Å²) in [6, 6.07) is 0. The second kappa shape index (κ2) is 4.39. The van der Waals surface area contributed by atoms with Gasteiger partial charge in [0.1, 0.15) is 0 Å². The SMILES string of the molecule is CC1CN(CP)CCC1CO. The van der Waals surface area contributed by atoms with E-state index >= 15 is 0 Å². The van der Waals surface area contributed by atoms with Crippen LogP contribution in [0.3, 0.4) is 0 Å². The van der Waals surface area contributed by atoms with Gasteiger partial charge in [0.2, 0.25) is 0 Å². The van der Waals surface area contributed by atoms with Gasteiger partial charge in [-0.05, 0) is 24.8 Å². The van der Waals surface area contributed by atoms with Crippen molar-refractivity contribution in [3.8, 4) is 0 Å². The minimum atomic E-state index is 0.367. The topological polar surface area (TPSA) is 23.5 Å². The van der Waals surface area contributed by atoms with Crippen molar-refractivity contribution in [2.75, 3.05) is 26.0 Å². The molecule has 1 aliphatic rings. The van der Waals surface area contributed by atoms with Gasteiger partial charge in [-0.2, -0.15) is 0 Å². The van der Waals surface area contributed by atoms with E-state index in [-0.39, 0.29) is 0 Å². The zero-order chi connectivity index (χ0) is 8.27. The molecule has 1 saturated heterocycles. The Balaban J connectivity index is 2.34. The third-order valence-corrected chi connectivity index (χ3v) is 3.18. The molecule has 0 amide bonds. The highest BCUT2D eigenvalue weighted by Gasteiger charge is 2.23. The summed E-state index contributed by atoms with van der Waals surface area (Å²) in [6.07, 6.45) is 2.23. The fraction of sp³-hybridized carbons (Fsp3) is 1.00. The monoisotopic (exact) mass is 175 g/mol. The molecule has 1 N–H and O–H groups in total. The molecular formula is C8H18NOP. The van der Waals surface area contributed by atoms with Crippen LogP contribution in [0.4, 0.5) is 0 Å². The third kappa shape index (κ3) is 2.40. The molecule has 0 radical (unpaired) electrons. The molecule has 0 aromatic rings. The second-order valence-electron chi connectivity index (χ2n) is 3.47. The molecule has 0 aromatic carbocycles. The van der Waals surface area contributed by atoms with Crippen LogP contribution in [0, 0.1) is 11.8 Å². The lowest BCUT2D eigenvalue weighted by Gasteiger charge is -2.35. The van der Waals surface area contributed by atoms with Gasteiger partial charge in [-0.3, -0.25) is 4.90 Å². The highest BCUT2D eigenvalue weighted by Crippen LogP contribution is 2.22. The number of rotatable bonds is 2. The molecule has 2 nitrogen and oxygen atoms in total. The Hall–Kier alpha value is 0.350. The molecule has 3 heteroatoms. The van der Waals surface area contributed by atoms with Crippen molar-refractivity contribution in [1.29, 1.82) is 0 Å². The van der Waals surface area contributed by atoms with Crippen LogP contribution in [0.25, 0.3) is 0 Å². The standard InChI is InChI=1S/C8H18NOP/c1-7-4-9(6-11)3-2-8(7)5-10/h7-8,10H,2-6,11H2,1H3. The van der Waals surface area contributed by atoms with Gasteiger partial charge in [-0.1, -0.05) is 6.92 Å². The first kappa shape index (κ1) is 9.44. The van der Waals surface area contributed by atoms with Gasteiger partial charge < -0.3 is 5.11 Å². The van der Waals surface area contributed by atoms with Crippen molar-refractivity contribution in [2.45, 2.75) is 13.3 Å². The van der Waals surface area contributed by atoms with E-state index in [1.165, 1.54) is 0 Å². The zero-order valence-electron chi connectivity index (χ0n) is 7.16. The molecule has 1 rings (SSSR count). The van der Waals surface area contributed by atoms with E-state index in [4.69, 9.17) is 5.11 Å². The molecule has 1 aliphatic heterocycles. The first-order valence-corrected chi connectivity index (χ1v) is 5.13. The van der Waals surface area contributed by atoms with E-state index in [1.54, 1.807) is 0 Å². The quantitative estimate of drug-likeness (QED) is 0.627. The third-order valence-electron chi connectivity index (χ3n) is 2.66. The molecule has 3 unspecified atom stereocenters. The molecule has 0 bridgehead atoms. The summed E-state index contributed by atoms with van der Waals surface area (Å²) in [4.78, 5) is 2.42. The predicted molar refractivity (Wildman–Crippen MR) is 50.5 cm³/mol. The molecule has 3 atom stereocenters. The number of aliphatic hydroxyl groups is 1. The number of hydrogen-bond donors (Lipinski definition) is 1. The summed E-state index contributed by atoms with van der Waals surface area (Å²) in [7, 11) is 2.75. The van der Waals surface area contributed by atoms with E-state index in [0.29, 0.717) is 18.4 Å². The lowest BCUT2D eigenvalue weighted by Crippen LogP contribution is -2.39. The number of piperidine rings is 1. The minimum Gasteiger partial charge on any atom is -0.396 e. The van der Waals surface area contributed by atoms with Crippen LogP contribution in [0.15, 0.2) is 0 Å². The average molecular weight is 175 g/mol. The van der Waals surface area contributed by atoms with Gasteiger partial charge in [-0.25, -0.2) is 0 Å². The summed E-state index contributed by atoms with van der Waals surface area (Å²) < 4.78 is 0. The maximum Gasteiger partial charge on any atom is 0.0462 e. The highest BCUT2D eigenvalue weighted by molar-refractivity contribution is 7.16. The first-order chi connectivity index (χ1) is 5.27. The first-order valence-electron chi connectivity index (χ1n) is 4.31. The lowest BCUT2D eigenvalue weighted by atomic mass is 9.88.